The molecule has 94 valence electrons. The molecule has 0 aliphatic rings. The Bertz CT molecular complexity index is 370. The van der Waals surface area contributed by atoms with Gasteiger partial charge in [0.1, 0.15) is 4.99 Å². The van der Waals surface area contributed by atoms with Crippen LogP contribution in [0.2, 0.25) is 0 Å². The van der Waals surface area contributed by atoms with E-state index in [1.54, 1.807) is 0 Å². The first-order chi connectivity index (χ1) is 7.91. The summed E-state index contributed by atoms with van der Waals surface area (Å²) < 4.78 is 0. The topological polar surface area (TPSA) is 29.3 Å². The molecule has 1 atom stereocenters. The molecule has 0 saturated heterocycles. The van der Waals surface area contributed by atoms with E-state index in [-0.39, 0.29) is 0 Å². The molecule has 0 saturated carbocycles. The van der Waals surface area contributed by atoms with E-state index >= 15 is 0 Å². The van der Waals surface area contributed by atoms with Crippen molar-refractivity contribution in [1.29, 1.82) is 0 Å². The number of nitrogens with two attached hydrogens (primary N) is 1. The number of nitrogens with zero attached hydrogens (tertiary/aromatic N) is 1. The molecule has 3 heteroatoms. The van der Waals surface area contributed by atoms with Crippen LogP contribution in [0.1, 0.15) is 31.9 Å². The Morgan fingerprint density at radius 2 is 1.76 bits per heavy atom. The van der Waals surface area contributed by atoms with E-state index in [1.807, 2.05) is 12.1 Å². The highest BCUT2D eigenvalue weighted by atomic mass is 32.1. The second-order valence-electron chi connectivity index (χ2n) is 4.96. The zero-order chi connectivity index (χ0) is 13.0. The van der Waals surface area contributed by atoms with Crippen molar-refractivity contribution in [3.8, 4) is 0 Å². The Morgan fingerprint density at radius 3 is 2.18 bits per heavy atom. The van der Waals surface area contributed by atoms with E-state index in [9.17, 15) is 0 Å². The van der Waals surface area contributed by atoms with Gasteiger partial charge in [0.2, 0.25) is 0 Å². The molecule has 1 aromatic carbocycles. The summed E-state index contributed by atoms with van der Waals surface area (Å²) in [7, 11) is 2.16. The first kappa shape index (κ1) is 14.1. The first-order valence-electron chi connectivity index (χ1n) is 6.00. The minimum Gasteiger partial charge on any atom is -0.389 e. The van der Waals surface area contributed by atoms with Gasteiger partial charge in [-0.1, -0.05) is 50.3 Å². The van der Waals surface area contributed by atoms with Gasteiger partial charge < -0.3 is 5.73 Å². The van der Waals surface area contributed by atoms with Crippen LogP contribution in [0.5, 0.6) is 0 Å². The Hall–Kier alpha value is -0.930. The number of rotatable bonds is 5. The molecule has 0 aliphatic heterocycles. The zero-order valence-corrected chi connectivity index (χ0v) is 11.9. The van der Waals surface area contributed by atoms with Crippen LogP contribution in [0.4, 0.5) is 0 Å². The average molecular weight is 250 g/mol. The van der Waals surface area contributed by atoms with Crippen molar-refractivity contribution in [2.45, 2.75) is 33.4 Å². The minimum atomic E-state index is 0.459. The lowest BCUT2D eigenvalue weighted by Crippen LogP contribution is -2.32. The van der Waals surface area contributed by atoms with E-state index in [2.05, 4.69) is 44.9 Å². The summed E-state index contributed by atoms with van der Waals surface area (Å²) in [6.07, 6.45) is 0. The van der Waals surface area contributed by atoms with Crippen LogP contribution in [0.25, 0.3) is 0 Å². The van der Waals surface area contributed by atoms with Crippen molar-refractivity contribution in [2.24, 2.45) is 11.7 Å². The summed E-state index contributed by atoms with van der Waals surface area (Å²) in [6.45, 7) is 7.71. The average Bonchev–Trinajstić information content (AvgIpc) is 2.28. The minimum absolute atomic E-state index is 0.459. The fourth-order valence-electron chi connectivity index (χ4n) is 1.72. The van der Waals surface area contributed by atoms with Gasteiger partial charge in [0.15, 0.2) is 0 Å². The van der Waals surface area contributed by atoms with Gasteiger partial charge in [-0.15, -0.1) is 0 Å². The van der Waals surface area contributed by atoms with Crippen LogP contribution in [0.15, 0.2) is 24.3 Å². The molecule has 0 heterocycles. The van der Waals surface area contributed by atoms with Crippen LogP contribution in [0.3, 0.4) is 0 Å². The molecule has 2 nitrogen and oxygen atoms in total. The molecule has 2 N–H and O–H groups in total. The third kappa shape index (κ3) is 4.10. The van der Waals surface area contributed by atoms with Gasteiger partial charge >= 0.3 is 0 Å². The molecule has 0 radical (unpaired) electrons. The molecule has 0 aromatic heterocycles. The van der Waals surface area contributed by atoms with Gasteiger partial charge in [0.05, 0.1) is 0 Å². The SMILES string of the molecule is CC(C)C(C)N(C)Cc1ccc(C(N)=S)cc1. The van der Waals surface area contributed by atoms with Crippen LogP contribution < -0.4 is 5.73 Å². The summed E-state index contributed by atoms with van der Waals surface area (Å²) in [5, 5.41) is 0. The predicted octanol–water partition coefficient (Wildman–Crippen LogP) is 2.80. The van der Waals surface area contributed by atoms with Crippen molar-refractivity contribution in [3.63, 3.8) is 0 Å². The third-order valence-electron chi connectivity index (χ3n) is 3.33. The van der Waals surface area contributed by atoms with E-state index in [1.165, 1.54) is 5.56 Å². The summed E-state index contributed by atoms with van der Waals surface area (Å²) in [4.78, 5) is 2.82. The normalized spacial score (nSPS) is 13.1. The number of hydrogen-bond donors (Lipinski definition) is 1. The van der Waals surface area contributed by atoms with E-state index < -0.39 is 0 Å². The summed E-state index contributed by atoms with van der Waals surface area (Å²) >= 11 is 4.94. The number of benzene rings is 1. The first-order valence-corrected chi connectivity index (χ1v) is 6.41. The van der Waals surface area contributed by atoms with E-state index in [4.69, 9.17) is 18.0 Å². The summed E-state index contributed by atoms with van der Waals surface area (Å²) in [5.41, 5.74) is 7.80. The quantitative estimate of drug-likeness (QED) is 0.815. The van der Waals surface area contributed by atoms with Gasteiger partial charge in [-0.25, -0.2) is 0 Å². The molecule has 17 heavy (non-hydrogen) atoms. The molecule has 0 amide bonds. The summed E-state index contributed by atoms with van der Waals surface area (Å²) in [5.74, 6) is 0.663. The van der Waals surface area contributed by atoms with Crippen molar-refractivity contribution in [3.05, 3.63) is 35.4 Å². The maximum absolute atomic E-state index is 5.57. The van der Waals surface area contributed by atoms with Crippen LogP contribution in [0, 0.1) is 5.92 Å². The largest absolute Gasteiger partial charge is 0.389 e. The highest BCUT2D eigenvalue weighted by molar-refractivity contribution is 7.80. The zero-order valence-electron chi connectivity index (χ0n) is 11.1. The third-order valence-corrected chi connectivity index (χ3v) is 3.57. The highest BCUT2D eigenvalue weighted by Gasteiger charge is 2.12. The molecular formula is C14H22N2S. The van der Waals surface area contributed by atoms with Crippen molar-refractivity contribution < 1.29 is 0 Å². The second kappa shape index (κ2) is 6.12. The molecule has 1 aromatic rings. The Labute approximate surface area is 110 Å². The van der Waals surface area contributed by atoms with Crippen molar-refractivity contribution >= 4 is 17.2 Å². The molecule has 0 spiro atoms. The maximum Gasteiger partial charge on any atom is 0.103 e. The Kier molecular flexibility index (Phi) is 5.09. The van der Waals surface area contributed by atoms with Crippen LogP contribution in [-0.4, -0.2) is 23.0 Å². The molecule has 1 unspecified atom stereocenters. The fraction of sp³-hybridized carbons (Fsp3) is 0.500. The molecule has 0 bridgehead atoms. The predicted molar refractivity (Wildman–Crippen MR) is 78.1 cm³/mol. The van der Waals surface area contributed by atoms with Gasteiger partial charge in [0, 0.05) is 18.2 Å². The molecular weight excluding hydrogens is 228 g/mol. The van der Waals surface area contributed by atoms with Gasteiger partial charge in [0.25, 0.3) is 0 Å². The molecule has 0 fully saturated rings. The number of thiocarbonyl (C=S) groups is 1. The second-order valence-corrected chi connectivity index (χ2v) is 5.40. The highest BCUT2D eigenvalue weighted by Crippen LogP contribution is 2.13. The molecule has 1 rings (SSSR count). The Morgan fingerprint density at radius 1 is 1.24 bits per heavy atom. The number of hydrogen-bond acceptors (Lipinski definition) is 2. The van der Waals surface area contributed by atoms with Crippen LogP contribution >= 0.6 is 12.2 Å². The summed E-state index contributed by atoms with van der Waals surface area (Å²) in [6, 6.07) is 8.75. The smallest absolute Gasteiger partial charge is 0.103 e. The fourth-order valence-corrected chi connectivity index (χ4v) is 1.85. The van der Waals surface area contributed by atoms with Gasteiger partial charge in [-0.2, -0.15) is 0 Å². The van der Waals surface area contributed by atoms with Crippen molar-refractivity contribution in [1.82, 2.24) is 4.90 Å². The standard InChI is InChI=1S/C14H22N2S/c1-10(2)11(3)16(4)9-12-5-7-13(8-6-12)14(15)17/h5-8,10-11H,9H2,1-4H3,(H2,15,17). The van der Waals surface area contributed by atoms with Crippen molar-refractivity contribution in [2.75, 3.05) is 7.05 Å². The van der Waals surface area contributed by atoms with Crippen LogP contribution in [-0.2, 0) is 6.54 Å². The van der Waals surface area contributed by atoms with Gasteiger partial charge in [-0.05, 0) is 25.5 Å². The Balaban J connectivity index is 2.66. The lowest BCUT2D eigenvalue weighted by Gasteiger charge is -2.27. The lowest BCUT2D eigenvalue weighted by molar-refractivity contribution is 0.200. The maximum atomic E-state index is 5.57. The van der Waals surface area contributed by atoms with E-state index in [0.29, 0.717) is 16.9 Å². The van der Waals surface area contributed by atoms with E-state index in [0.717, 1.165) is 12.1 Å². The lowest BCUT2D eigenvalue weighted by atomic mass is 10.0. The van der Waals surface area contributed by atoms with Gasteiger partial charge in [-0.3, -0.25) is 4.90 Å². The monoisotopic (exact) mass is 250 g/mol. The molecule has 0 aliphatic carbocycles.